The summed E-state index contributed by atoms with van der Waals surface area (Å²) in [4.78, 5) is 11.8. The highest BCUT2D eigenvalue weighted by atomic mass is 35.5. The van der Waals surface area contributed by atoms with Gasteiger partial charge < -0.3 is 10.6 Å². The number of carbonyl (C=O) groups is 1. The second-order valence-electron chi connectivity index (χ2n) is 3.88. The summed E-state index contributed by atoms with van der Waals surface area (Å²) in [5.41, 5.74) is 1.61. The maximum Gasteiger partial charge on any atom is 0.238 e. The highest BCUT2D eigenvalue weighted by Crippen LogP contribution is 2.29. The first-order valence-electron chi connectivity index (χ1n) is 5.62. The van der Waals surface area contributed by atoms with Gasteiger partial charge in [0.05, 0.1) is 22.3 Å². The van der Waals surface area contributed by atoms with Crippen molar-refractivity contribution in [2.75, 3.05) is 11.9 Å². The lowest BCUT2D eigenvalue weighted by molar-refractivity contribution is -0.115. The Morgan fingerprint density at radius 1 is 1.21 bits per heavy atom. The molecule has 0 fully saturated rings. The van der Waals surface area contributed by atoms with E-state index in [-0.39, 0.29) is 12.5 Å². The van der Waals surface area contributed by atoms with Gasteiger partial charge in [-0.1, -0.05) is 29.3 Å². The Morgan fingerprint density at radius 2 is 1.95 bits per heavy atom. The molecule has 1 heterocycles. The number of anilines is 1. The number of amides is 1. The molecule has 0 atom stereocenters. The molecular weight excluding hydrogens is 303 g/mol. The first kappa shape index (κ1) is 14.3. The molecule has 0 radical (unpaired) electrons. The topological polar surface area (TPSA) is 41.1 Å². The van der Waals surface area contributed by atoms with Crippen LogP contribution >= 0.6 is 34.5 Å². The van der Waals surface area contributed by atoms with Gasteiger partial charge in [0.15, 0.2) is 0 Å². The molecule has 100 valence electrons. The van der Waals surface area contributed by atoms with Gasteiger partial charge in [-0.05, 0) is 34.5 Å². The van der Waals surface area contributed by atoms with E-state index in [1.54, 1.807) is 29.5 Å². The molecule has 0 aliphatic carbocycles. The Balaban J connectivity index is 1.84. The summed E-state index contributed by atoms with van der Waals surface area (Å²) in [7, 11) is 0. The fourth-order valence-electron chi connectivity index (χ4n) is 1.51. The number of thiophene rings is 1. The molecule has 0 saturated carbocycles. The van der Waals surface area contributed by atoms with Crippen LogP contribution in [0.1, 0.15) is 5.56 Å². The predicted octanol–water partition coefficient (Wildman–Crippen LogP) is 3.78. The summed E-state index contributed by atoms with van der Waals surface area (Å²) in [6.45, 7) is 0.866. The first-order valence-corrected chi connectivity index (χ1v) is 7.32. The number of halogens is 2. The molecule has 2 aromatic rings. The van der Waals surface area contributed by atoms with Gasteiger partial charge in [-0.2, -0.15) is 11.3 Å². The van der Waals surface area contributed by atoms with Crippen molar-refractivity contribution in [3.63, 3.8) is 0 Å². The van der Waals surface area contributed by atoms with E-state index in [1.165, 1.54) is 0 Å². The molecule has 2 rings (SSSR count). The van der Waals surface area contributed by atoms with Crippen LogP contribution in [0.2, 0.25) is 10.0 Å². The van der Waals surface area contributed by atoms with Gasteiger partial charge in [0, 0.05) is 6.54 Å². The summed E-state index contributed by atoms with van der Waals surface area (Å²) in [5.74, 6) is -0.176. The minimum absolute atomic E-state index is 0.176. The molecule has 2 N–H and O–H groups in total. The van der Waals surface area contributed by atoms with Crippen LogP contribution in [0.5, 0.6) is 0 Å². The molecule has 1 aromatic carbocycles. The molecule has 6 heteroatoms. The molecule has 3 nitrogen and oxygen atoms in total. The number of nitrogens with one attached hydrogen (secondary N) is 2. The van der Waals surface area contributed by atoms with Crippen LogP contribution in [0, 0.1) is 0 Å². The fourth-order valence-corrected chi connectivity index (χ4v) is 2.68. The maximum absolute atomic E-state index is 11.8. The molecule has 0 bridgehead atoms. The van der Waals surface area contributed by atoms with Crippen molar-refractivity contribution in [3.05, 3.63) is 50.6 Å². The largest absolute Gasteiger partial charge is 0.322 e. The highest BCUT2D eigenvalue weighted by molar-refractivity contribution is 7.07. The van der Waals surface area contributed by atoms with E-state index in [2.05, 4.69) is 10.6 Å². The molecule has 0 spiro atoms. The molecule has 0 aliphatic heterocycles. The SMILES string of the molecule is O=C(CNCc1ccsc1)Nc1c(Cl)cccc1Cl. The van der Waals surface area contributed by atoms with Crippen molar-refractivity contribution in [1.82, 2.24) is 5.32 Å². The zero-order chi connectivity index (χ0) is 13.7. The fraction of sp³-hybridized carbons (Fsp3) is 0.154. The number of rotatable bonds is 5. The van der Waals surface area contributed by atoms with E-state index < -0.39 is 0 Å². The molecular formula is C13H12Cl2N2OS. The average molecular weight is 315 g/mol. The van der Waals surface area contributed by atoms with E-state index in [0.29, 0.717) is 22.3 Å². The second-order valence-corrected chi connectivity index (χ2v) is 5.47. The van der Waals surface area contributed by atoms with Crippen LogP contribution in [-0.2, 0) is 11.3 Å². The third-order valence-electron chi connectivity index (χ3n) is 2.42. The first-order chi connectivity index (χ1) is 9.16. The minimum atomic E-state index is -0.176. The van der Waals surface area contributed by atoms with Crippen molar-refractivity contribution in [2.24, 2.45) is 0 Å². The Bertz CT molecular complexity index is 538. The number of hydrogen-bond donors (Lipinski definition) is 2. The van der Waals surface area contributed by atoms with Gasteiger partial charge in [0.1, 0.15) is 0 Å². The lowest BCUT2D eigenvalue weighted by Crippen LogP contribution is -2.27. The monoisotopic (exact) mass is 314 g/mol. The zero-order valence-electron chi connectivity index (χ0n) is 9.95. The molecule has 1 aromatic heterocycles. The summed E-state index contributed by atoms with van der Waals surface area (Å²) in [6, 6.07) is 7.11. The number of carbonyl (C=O) groups excluding carboxylic acids is 1. The molecule has 0 aliphatic rings. The molecule has 0 unspecified atom stereocenters. The molecule has 19 heavy (non-hydrogen) atoms. The van der Waals surface area contributed by atoms with Gasteiger partial charge in [0.25, 0.3) is 0 Å². The van der Waals surface area contributed by atoms with Gasteiger partial charge in [-0.25, -0.2) is 0 Å². The number of hydrogen-bond acceptors (Lipinski definition) is 3. The summed E-state index contributed by atoms with van der Waals surface area (Å²) in [5, 5.41) is 10.6. The highest BCUT2D eigenvalue weighted by Gasteiger charge is 2.09. The van der Waals surface area contributed by atoms with Gasteiger partial charge >= 0.3 is 0 Å². The molecule has 0 saturated heterocycles. The van der Waals surface area contributed by atoms with E-state index in [4.69, 9.17) is 23.2 Å². The smallest absolute Gasteiger partial charge is 0.238 e. The summed E-state index contributed by atoms with van der Waals surface area (Å²) < 4.78 is 0. The summed E-state index contributed by atoms with van der Waals surface area (Å²) in [6.07, 6.45) is 0. The third kappa shape index (κ3) is 4.21. The van der Waals surface area contributed by atoms with Gasteiger partial charge in [-0.15, -0.1) is 0 Å². The maximum atomic E-state index is 11.8. The van der Waals surface area contributed by atoms with Crippen molar-refractivity contribution in [2.45, 2.75) is 6.54 Å². The van der Waals surface area contributed by atoms with Crippen molar-refractivity contribution in [3.8, 4) is 0 Å². The Labute approximate surface area is 125 Å². The van der Waals surface area contributed by atoms with Crippen LogP contribution in [0.25, 0.3) is 0 Å². The van der Waals surface area contributed by atoms with Crippen LogP contribution in [0.3, 0.4) is 0 Å². The standard InChI is InChI=1S/C13H12Cl2N2OS/c14-10-2-1-3-11(15)13(10)17-12(18)7-16-6-9-4-5-19-8-9/h1-5,8,16H,6-7H2,(H,17,18). The Hall–Kier alpha value is -1.07. The lowest BCUT2D eigenvalue weighted by Gasteiger charge is -2.09. The van der Waals surface area contributed by atoms with E-state index in [0.717, 1.165) is 5.56 Å². The second kappa shape index (κ2) is 6.91. The summed E-state index contributed by atoms with van der Waals surface area (Å²) >= 11 is 13.6. The predicted molar refractivity (Wildman–Crippen MR) is 81.1 cm³/mol. The Kier molecular flexibility index (Phi) is 5.22. The van der Waals surface area contributed by atoms with Crippen molar-refractivity contribution in [1.29, 1.82) is 0 Å². The normalized spacial score (nSPS) is 10.4. The zero-order valence-corrected chi connectivity index (χ0v) is 12.3. The van der Waals surface area contributed by atoms with Gasteiger partial charge in [0.2, 0.25) is 5.91 Å². The average Bonchev–Trinajstić information content (AvgIpc) is 2.87. The van der Waals surface area contributed by atoms with E-state index in [9.17, 15) is 4.79 Å². The van der Waals surface area contributed by atoms with Gasteiger partial charge in [-0.3, -0.25) is 4.79 Å². The Morgan fingerprint density at radius 3 is 2.58 bits per heavy atom. The van der Waals surface area contributed by atoms with Crippen molar-refractivity contribution < 1.29 is 4.79 Å². The quantitative estimate of drug-likeness (QED) is 0.881. The van der Waals surface area contributed by atoms with E-state index in [1.807, 2.05) is 16.8 Å². The minimum Gasteiger partial charge on any atom is -0.322 e. The third-order valence-corrected chi connectivity index (χ3v) is 3.78. The lowest BCUT2D eigenvalue weighted by atomic mass is 10.3. The number of para-hydroxylation sites is 1. The molecule has 1 amide bonds. The number of benzene rings is 1. The van der Waals surface area contributed by atoms with Crippen LogP contribution in [0.4, 0.5) is 5.69 Å². The van der Waals surface area contributed by atoms with Crippen LogP contribution in [-0.4, -0.2) is 12.5 Å². The van der Waals surface area contributed by atoms with Crippen LogP contribution in [0.15, 0.2) is 35.0 Å². The van der Waals surface area contributed by atoms with Crippen molar-refractivity contribution >= 4 is 46.1 Å². The van der Waals surface area contributed by atoms with Crippen LogP contribution < -0.4 is 10.6 Å². The van der Waals surface area contributed by atoms with E-state index >= 15 is 0 Å².